The van der Waals surface area contributed by atoms with Gasteiger partial charge in [0.15, 0.2) is 0 Å². The molecule has 0 bridgehead atoms. The third kappa shape index (κ3) is 3.70. The zero-order chi connectivity index (χ0) is 15.4. The van der Waals surface area contributed by atoms with E-state index in [2.05, 4.69) is 5.16 Å². The fourth-order valence-electron chi connectivity index (χ4n) is 2.26. The summed E-state index contributed by atoms with van der Waals surface area (Å²) in [5.74, 6) is 0.0341. The van der Waals surface area contributed by atoms with E-state index in [0.717, 1.165) is 11.3 Å². The Labute approximate surface area is 125 Å². The number of nitrogens with zero attached hydrogens (tertiary/aromatic N) is 3. The molecule has 0 fully saturated rings. The number of rotatable bonds is 5. The lowest BCUT2D eigenvalue weighted by molar-refractivity contribution is -0.135. The summed E-state index contributed by atoms with van der Waals surface area (Å²) in [6.45, 7) is 2.47. The van der Waals surface area contributed by atoms with Gasteiger partial charge in [-0.1, -0.05) is 35.0 Å². The monoisotopic (exact) mass is 287 g/mol. The van der Waals surface area contributed by atoms with Crippen molar-refractivity contribution in [3.05, 3.63) is 53.4 Å². The molecule has 0 spiro atoms. The minimum atomic E-state index is -0.303. The van der Waals surface area contributed by atoms with Crippen LogP contribution in [0.2, 0.25) is 0 Å². The molecule has 1 amide bonds. The lowest BCUT2D eigenvalue weighted by atomic mass is 10.0. The van der Waals surface area contributed by atoms with Crippen LogP contribution < -0.4 is 0 Å². The van der Waals surface area contributed by atoms with Gasteiger partial charge in [0.05, 0.1) is 6.54 Å². The molecule has 0 radical (unpaired) electrons. The summed E-state index contributed by atoms with van der Waals surface area (Å²) in [5.41, 5.74) is 2.91. The first-order valence-electron chi connectivity index (χ1n) is 6.86. The normalized spacial score (nSPS) is 12.4. The molecular weight excluding hydrogens is 266 g/mol. The SMILES string of the molecule is Cc1ccc(C(C(=O)N(C)Cc2ccon2)N(C)C)cc1. The molecule has 1 aromatic heterocycles. The first-order valence-corrected chi connectivity index (χ1v) is 6.86. The number of likely N-dealkylation sites (N-methyl/N-ethyl adjacent to an activating group) is 2. The van der Waals surface area contributed by atoms with Gasteiger partial charge >= 0.3 is 0 Å². The van der Waals surface area contributed by atoms with E-state index in [0.29, 0.717) is 6.54 Å². The molecule has 5 heteroatoms. The zero-order valence-corrected chi connectivity index (χ0v) is 12.9. The minimum Gasteiger partial charge on any atom is -0.364 e. The number of aryl methyl sites for hydroxylation is 1. The van der Waals surface area contributed by atoms with Crippen molar-refractivity contribution in [2.75, 3.05) is 21.1 Å². The first kappa shape index (κ1) is 15.3. The molecule has 21 heavy (non-hydrogen) atoms. The number of carbonyl (C=O) groups is 1. The third-order valence-corrected chi connectivity index (χ3v) is 3.41. The van der Waals surface area contributed by atoms with E-state index in [-0.39, 0.29) is 11.9 Å². The molecule has 0 N–H and O–H groups in total. The van der Waals surface area contributed by atoms with Crippen LogP contribution in [0.25, 0.3) is 0 Å². The molecule has 0 aliphatic heterocycles. The fraction of sp³-hybridized carbons (Fsp3) is 0.375. The summed E-state index contributed by atoms with van der Waals surface area (Å²) in [6.07, 6.45) is 1.51. The largest absolute Gasteiger partial charge is 0.364 e. The average molecular weight is 287 g/mol. The molecular formula is C16H21N3O2. The van der Waals surface area contributed by atoms with Gasteiger partial charge in [-0.3, -0.25) is 9.69 Å². The predicted octanol–water partition coefficient (Wildman–Crippen LogP) is 2.24. The van der Waals surface area contributed by atoms with E-state index >= 15 is 0 Å². The van der Waals surface area contributed by atoms with Crippen LogP contribution in [0.1, 0.15) is 22.9 Å². The zero-order valence-electron chi connectivity index (χ0n) is 12.9. The molecule has 1 atom stereocenters. The van der Waals surface area contributed by atoms with Gasteiger partial charge in [0.1, 0.15) is 18.0 Å². The molecule has 1 unspecified atom stereocenters. The molecule has 5 nitrogen and oxygen atoms in total. The Hall–Kier alpha value is -2.14. The van der Waals surface area contributed by atoms with Crippen LogP contribution in [-0.2, 0) is 11.3 Å². The summed E-state index contributed by atoms with van der Waals surface area (Å²) in [5, 5.41) is 3.84. The Morgan fingerprint density at radius 2 is 1.86 bits per heavy atom. The van der Waals surface area contributed by atoms with Crippen LogP contribution in [0.15, 0.2) is 41.1 Å². The highest BCUT2D eigenvalue weighted by Gasteiger charge is 2.26. The van der Waals surface area contributed by atoms with E-state index < -0.39 is 0 Å². The maximum Gasteiger partial charge on any atom is 0.244 e. The van der Waals surface area contributed by atoms with Crippen molar-refractivity contribution in [3.63, 3.8) is 0 Å². The van der Waals surface area contributed by atoms with E-state index in [1.54, 1.807) is 18.0 Å². The molecule has 0 aliphatic carbocycles. The van der Waals surface area contributed by atoms with E-state index in [9.17, 15) is 4.79 Å². The van der Waals surface area contributed by atoms with Crippen LogP contribution in [0.4, 0.5) is 0 Å². The number of hydrogen-bond donors (Lipinski definition) is 0. The molecule has 0 aliphatic rings. The fourth-order valence-corrected chi connectivity index (χ4v) is 2.26. The summed E-state index contributed by atoms with van der Waals surface area (Å²) in [6, 6.07) is 9.51. The van der Waals surface area contributed by atoms with Crippen LogP contribution in [0.3, 0.4) is 0 Å². The second-order valence-electron chi connectivity index (χ2n) is 5.46. The van der Waals surface area contributed by atoms with Crippen molar-refractivity contribution < 1.29 is 9.32 Å². The van der Waals surface area contributed by atoms with Crippen LogP contribution in [0, 0.1) is 6.92 Å². The number of amides is 1. The summed E-state index contributed by atoms with van der Waals surface area (Å²) >= 11 is 0. The molecule has 0 saturated carbocycles. The Balaban J connectivity index is 2.17. The van der Waals surface area contributed by atoms with Gasteiger partial charge in [0.2, 0.25) is 5.91 Å². The number of carbonyl (C=O) groups excluding carboxylic acids is 1. The second-order valence-corrected chi connectivity index (χ2v) is 5.46. The summed E-state index contributed by atoms with van der Waals surface area (Å²) < 4.78 is 4.80. The second kappa shape index (κ2) is 6.54. The minimum absolute atomic E-state index is 0.0341. The van der Waals surface area contributed by atoms with Gasteiger partial charge in [-0.2, -0.15) is 0 Å². The van der Waals surface area contributed by atoms with Crippen LogP contribution in [-0.4, -0.2) is 42.0 Å². The van der Waals surface area contributed by atoms with E-state index in [1.807, 2.05) is 50.2 Å². The standard InChI is InChI=1S/C16H21N3O2/c1-12-5-7-13(8-6-12)15(18(2)3)16(20)19(4)11-14-9-10-21-17-14/h5-10,15H,11H2,1-4H3. The van der Waals surface area contributed by atoms with Crippen molar-refractivity contribution in [3.8, 4) is 0 Å². The van der Waals surface area contributed by atoms with E-state index in [4.69, 9.17) is 4.52 Å². The Morgan fingerprint density at radius 3 is 2.38 bits per heavy atom. The first-order chi connectivity index (χ1) is 9.99. The highest BCUT2D eigenvalue weighted by atomic mass is 16.5. The Morgan fingerprint density at radius 1 is 1.19 bits per heavy atom. The van der Waals surface area contributed by atoms with Gasteiger partial charge in [-0.05, 0) is 26.6 Å². The molecule has 112 valence electrons. The molecule has 1 heterocycles. The predicted molar refractivity (Wildman–Crippen MR) is 80.6 cm³/mol. The van der Waals surface area contributed by atoms with E-state index in [1.165, 1.54) is 11.8 Å². The van der Waals surface area contributed by atoms with Gasteiger partial charge in [-0.25, -0.2) is 0 Å². The van der Waals surface area contributed by atoms with Crippen molar-refractivity contribution >= 4 is 5.91 Å². The number of aromatic nitrogens is 1. The topological polar surface area (TPSA) is 49.6 Å². The van der Waals surface area contributed by atoms with Gasteiger partial charge in [0, 0.05) is 13.1 Å². The van der Waals surface area contributed by atoms with Gasteiger partial charge in [-0.15, -0.1) is 0 Å². The summed E-state index contributed by atoms with van der Waals surface area (Å²) in [7, 11) is 5.60. The smallest absolute Gasteiger partial charge is 0.244 e. The van der Waals surface area contributed by atoms with Crippen molar-refractivity contribution in [2.24, 2.45) is 0 Å². The summed E-state index contributed by atoms with van der Waals surface area (Å²) in [4.78, 5) is 16.3. The molecule has 0 saturated heterocycles. The van der Waals surface area contributed by atoms with Crippen LogP contribution in [0.5, 0.6) is 0 Å². The molecule has 1 aromatic carbocycles. The quantitative estimate of drug-likeness (QED) is 0.846. The lowest BCUT2D eigenvalue weighted by Crippen LogP contribution is -2.38. The van der Waals surface area contributed by atoms with Gasteiger partial charge in [0.25, 0.3) is 0 Å². The third-order valence-electron chi connectivity index (χ3n) is 3.41. The van der Waals surface area contributed by atoms with Crippen molar-refractivity contribution in [1.29, 1.82) is 0 Å². The molecule has 2 rings (SSSR count). The van der Waals surface area contributed by atoms with Crippen molar-refractivity contribution in [2.45, 2.75) is 19.5 Å². The lowest BCUT2D eigenvalue weighted by Gasteiger charge is -2.28. The van der Waals surface area contributed by atoms with Crippen LogP contribution >= 0.6 is 0 Å². The average Bonchev–Trinajstić information content (AvgIpc) is 2.93. The van der Waals surface area contributed by atoms with Gasteiger partial charge < -0.3 is 9.42 Å². The molecule has 2 aromatic rings. The number of benzene rings is 1. The number of hydrogen-bond acceptors (Lipinski definition) is 4. The van der Waals surface area contributed by atoms with Crippen molar-refractivity contribution in [1.82, 2.24) is 15.0 Å². The highest BCUT2D eigenvalue weighted by Crippen LogP contribution is 2.21. The Bertz CT molecular complexity index is 576. The maximum atomic E-state index is 12.7. The maximum absolute atomic E-state index is 12.7. The highest BCUT2D eigenvalue weighted by molar-refractivity contribution is 5.83. The Kier molecular flexibility index (Phi) is 4.75.